The summed E-state index contributed by atoms with van der Waals surface area (Å²) >= 11 is 6.45. The SMILES string of the molecule is CCN(CC)C(=S)SC/C=C\S(=O)(=O)[O-].[K+]. The van der Waals surface area contributed by atoms with Crippen molar-refractivity contribution < 1.29 is 64.4 Å². The van der Waals surface area contributed by atoms with Gasteiger partial charge in [-0.3, -0.25) is 0 Å². The van der Waals surface area contributed by atoms with Crippen molar-refractivity contribution in [2.45, 2.75) is 13.8 Å². The molecule has 0 N–H and O–H groups in total. The molecule has 0 aromatic rings. The van der Waals surface area contributed by atoms with E-state index in [1.165, 1.54) is 17.8 Å². The summed E-state index contributed by atoms with van der Waals surface area (Å²) in [4.78, 5) is 1.99. The number of rotatable bonds is 5. The zero-order valence-corrected chi connectivity index (χ0v) is 15.2. The Morgan fingerprint density at radius 3 is 2.31 bits per heavy atom. The Morgan fingerprint density at radius 2 is 1.94 bits per heavy atom. The predicted molar refractivity (Wildman–Crippen MR) is 66.8 cm³/mol. The van der Waals surface area contributed by atoms with E-state index in [-0.39, 0.29) is 51.4 Å². The summed E-state index contributed by atoms with van der Waals surface area (Å²) in [6, 6.07) is 0. The maximum Gasteiger partial charge on any atom is 1.00 e. The van der Waals surface area contributed by atoms with Gasteiger partial charge in [0.2, 0.25) is 0 Å². The zero-order chi connectivity index (χ0) is 11.9. The minimum Gasteiger partial charge on any atom is -0.744 e. The van der Waals surface area contributed by atoms with Crippen LogP contribution in [0.5, 0.6) is 0 Å². The van der Waals surface area contributed by atoms with Crippen molar-refractivity contribution in [2.75, 3.05) is 18.8 Å². The van der Waals surface area contributed by atoms with Gasteiger partial charge in [-0.1, -0.05) is 30.1 Å². The van der Waals surface area contributed by atoms with Crippen molar-refractivity contribution in [3.05, 3.63) is 11.5 Å². The van der Waals surface area contributed by atoms with E-state index in [1.807, 2.05) is 18.7 Å². The number of hydrogen-bond acceptors (Lipinski definition) is 5. The molecule has 0 bridgehead atoms. The molecule has 0 aliphatic carbocycles. The van der Waals surface area contributed by atoms with Crippen molar-refractivity contribution in [1.29, 1.82) is 0 Å². The first-order valence-electron chi connectivity index (χ1n) is 4.44. The van der Waals surface area contributed by atoms with Crippen LogP contribution in [0.2, 0.25) is 0 Å². The van der Waals surface area contributed by atoms with Crippen molar-refractivity contribution in [1.82, 2.24) is 4.90 Å². The van der Waals surface area contributed by atoms with Crippen LogP contribution in [0.25, 0.3) is 0 Å². The van der Waals surface area contributed by atoms with Gasteiger partial charge >= 0.3 is 51.4 Å². The second-order valence-electron chi connectivity index (χ2n) is 2.61. The Bertz CT molecular complexity index is 325. The molecule has 0 fully saturated rings. The fraction of sp³-hybridized carbons (Fsp3) is 0.625. The van der Waals surface area contributed by atoms with E-state index >= 15 is 0 Å². The minimum atomic E-state index is -4.25. The third-order valence-electron chi connectivity index (χ3n) is 1.59. The number of thioether (sulfide) groups is 1. The molecule has 0 radical (unpaired) electrons. The van der Waals surface area contributed by atoms with Crippen LogP contribution < -0.4 is 51.4 Å². The van der Waals surface area contributed by atoms with Crippen molar-refractivity contribution in [2.24, 2.45) is 0 Å². The molecule has 0 rings (SSSR count). The zero-order valence-electron chi connectivity index (χ0n) is 9.67. The number of thiocarbonyl (C=S) groups is 1. The molecule has 0 aromatic carbocycles. The largest absolute Gasteiger partial charge is 1.00 e. The van der Waals surface area contributed by atoms with Crippen LogP contribution in [-0.2, 0) is 10.1 Å². The van der Waals surface area contributed by atoms with E-state index in [2.05, 4.69) is 0 Å². The fourth-order valence-corrected chi connectivity index (χ4v) is 2.54. The summed E-state index contributed by atoms with van der Waals surface area (Å²) in [6.07, 6.45) is 1.31. The van der Waals surface area contributed by atoms with Gasteiger partial charge < -0.3 is 9.45 Å². The molecule has 0 amide bonds. The molecule has 0 atom stereocenters. The molecule has 0 heterocycles. The van der Waals surface area contributed by atoms with E-state index in [1.54, 1.807) is 0 Å². The summed E-state index contributed by atoms with van der Waals surface area (Å²) in [5.74, 6) is 0.400. The fourth-order valence-electron chi connectivity index (χ4n) is 0.850. The van der Waals surface area contributed by atoms with E-state index in [9.17, 15) is 13.0 Å². The molecule has 0 aliphatic rings. The molecular weight excluding hydrogens is 293 g/mol. The van der Waals surface area contributed by atoms with Gasteiger partial charge in [0.15, 0.2) is 0 Å². The summed E-state index contributed by atoms with van der Waals surface area (Å²) in [5.41, 5.74) is 0. The molecule has 0 spiro atoms. The monoisotopic (exact) mass is 307 g/mol. The standard InChI is InChI=1S/C8H15NO3S3.K/c1-3-9(4-2)8(13)14-6-5-7-15(10,11)12;/h5,7H,3-4,6H2,1-2H3,(H,10,11,12);/q;+1/p-1/b7-5-;. The van der Waals surface area contributed by atoms with E-state index in [0.29, 0.717) is 15.5 Å². The summed E-state index contributed by atoms with van der Waals surface area (Å²) in [5, 5.41) is 0.658. The van der Waals surface area contributed by atoms with Crippen LogP contribution in [-0.4, -0.2) is 41.0 Å². The average Bonchev–Trinajstić information content (AvgIpc) is 2.13. The summed E-state index contributed by atoms with van der Waals surface area (Å²) in [7, 11) is -4.25. The molecule has 0 saturated carbocycles. The minimum absolute atomic E-state index is 0. The molecule has 8 heteroatoms. The van der Waals surface area contributed by atoms with Gasteiger partial charge in [-0.25, -0.2) is 8.42 Å². The maximum absolute atomic E-state index is 10.2. The number of hydrogen-bond donors (Lipinski definition) is 0. The van der Waals surface area contributed by atoms with E-state index in [4.69, 9.17) is 12.2 Å². The van der Waals surface area contributed by atoms with E-state index in [0.717, 1.165) is 13.1 Å². The first-order chi connectivity index (χ1) is 6.90. The van der Waals surface area contributed by atoms with E-state index < -0.39 is 10.1 Å². The van der Waals surface area contributed by atoms with Crippen LogP contribution in [0.4, 0.5) is 0 Å². The third kappa shape index (κ3) is 10.7. The quantitative estimate of drug-likeness (QED) is 0.347. The molecule has 16 heavy (non-hydrogen) atoms. The smallest absolute Gasteiger partial charge is 0.744 e. The molecule has 0 aliphatic heterocycles. The van der Waals surface area contributed by atoms with Gasteiger partial charge in [-0.15, -0.1) is 0 Å². The van der Waals surface area contributed by atoms with Gasteiger partial charge in [0.1, 0.15) is 14.4 Å². The first-order valence-corrected chi connectivity index (χ1v) is 7.31. The normalized spacial score (nSPS) is 11.2. The van der Waals surface area contributed by atoms with Crippen LogP contribution >= 0.6 is 24.0 Å². The molecule has 0 aromatic heterocycles. The molecule has 0 saturated heterocycles. The van der Waals surface area contributed by atoms with Gasteiger partial charge in [-0.2, -0.15) is 0 Å². The van der Waals surface area contributed by atoms with Gasteiger partial charge in [0.05, 0.1) is 0 Å². The Balaban J connectivity index is 0. The summed E-state index contributed by atoms with van der Waals surface area (Å²) < 4.78 is 31.4. The Kier molecular flexibility index (Phi) is 13.0. The Hall–Kier alpha value is 1.53. The van der Waals surface area contributed by atoms with Gasteiger partial charge in [-0.05, 0) is 13.8 Å². The first kappa shape index (κ1) is 19.9. The van der Waals surface area contributed by atoms with Crippen LogP contribution in [0.3, 0.4) is 0 Å². The van der Waals surface area contributed by atoms with Crippen molar-refractivity contribution >= 4 is 38.4 Å². The maximum atomic E-state index is 10.2. The molecule has 4 nitrogen and oxygen atoms in total. The van der Waals surface area contributed by atoms with Crippen molar-refractivity contribution in [3.8, 4) is 0 Å². The molecule has 0 unspecified atom stereocenters. The molecular formula is C8H14KNO3S3. The number of nitrogens with zero attached hydrogens (tertiary/aromatic N) is 1. The molecule has 88 valence electrons. The van der Waals surface area contributed by atoms with Crippen LogP contribution in [0.15, 0.2) is 11.5 Å². The Morgan fingerprint density at radius 1 is 1.44 bits per heavy atom. The third-order valence-corrected chi connectivity index (χ3v) is 3.59. The summed E-state index contributed by atoms with van der Waals surface area (Å²) in [6.45, 7) is 5.64. The topological polar surface area (TPSA) is 60.4 Å². The van der Waals surface area contributed by atoms with Gasteiger partial charge in [0, 0.05) is 24.3 Å². The second kappa shape index (κ2) is 10.4. The predicted octanol–water partition coefficient (Wildman–Crippen LogP) is -1.59. The van der Waals surface area contributed by atoms with Crippen molar-refractivity contribution in [3.63, 3.8) is 0 Å². The average molecular weight is 308 g/mol. The Labute approximate surface area is 149 Å². The van der Waals surface area contributed by atoms with Crippen LogP contribution in [0, 0.1) is 0 Å². The second-order valence-corrected chi connectivity index (χ2v) is 5.53. The van der Waals surface area contributed by atoms with Gasteiger partial charge in [0.25, 0.3) is 0 Å². The van der Waals surface area contributed by atoms with Crippen LogP contribution in [0.1, 0.15) is 13.8 Å².